The summed E-state index contributed by atoms with van der Waals surface area (Å²) in [6, 6.07) is 17.0. The van der Waals surface area contributed by atoms with Gasteiger partial charge in [0.2, 0.25) is 0 Å². The van der Waals surface area contributed by atoms with Crippen LogP contribution in [0.5, 0.6) is 5.75 Å². The van der Waals surface area contributed by atoms with Crippen molar-refractivity contribution in [2.75, 3.05) is 5.32 Å². The van der Waals surface area contributed by atoms with Crippen molar-refractivity contribution in [3.8, 4) is 5.75 Å². The molecule has 27 heavy (non-hydrogen) atoms. The first-order valence-corrected chi connectivity index (χ1v) is 8.23. The molecule has 0 amide bonds. The molecule has 2 N–H and O–H groups in total. The number of hydrogen-bond donors (Lipinski definition) is 2. The molecule has 0 bridgehead atoms. The van der Waals surface area contributed by atoms with Crippen molar-refractivity contribution in [3.05, 3.63) is 95.1 Å². The Hall–Kier alpha value is -3.41. The Morgan fingerprint density at radius 1 is 0.889 bits per heavy atom. The van der Waals surface area contributed by atoms with Crippen LogP contribution in [0.4, 0.5) is 14.5 Å². The number of carboxylic acid groups (broad SMARTS) is 1. The molecule has 0 saturated carbocycles. The number of carbonyl (C=O) groups is 1. The summed E-state index contributed by atoms with van der Waals surface area (Å²) >= 11 is 0. The molecule has 0 unspecified atom stereocenters. The zero-order valence-corrected chi connectivity index (χ0v) is 14.3. The van der Waals surface area contributed by atoms with Gasteiger partial charge in [0, 0.05) is 12.2 Å². The van der Waals surface area contributed by atoms with Crippen LogP contribution >= 0.6 is 0 Å². The van der Waals surface area contributed by atoms with Crippen molar-refractivity contribution in [2.45, 2.75) is 13.2 Å². The van der Waals surface area contributed by atoms with E-state index < -0.39 is 11.8 Å². The van der Waals surface area contributed by atoms with Crippen LogP contribution < -0.4 is 10.1 Å². The number of anilines is 1. The van der Waals surface area contributed by atoms with E-state index in [1.807, 2.05) is 12.1 Å². The van der Waals surface area contributed by atoms with E-state index in [2.05, 4.69) is 5.32 Å². The lowest BCUT2D eigenvalue weighted by Gasteiger charge is -2.10. The molecule has 0 aliphatic carbocycles. The largest absolute Gasteiger partial charge is 0.489 e. The van der Waals surface area contributed by atoms with Crippen LogP contribution in [0.25, 0.3) is 0 Å². The minimum Gasteiger partial charge on any atom is -0.489 e. The number of rotatable bonds is 7. The number of carboxylic acids is 1. The van der Waals surface area contributed by atoms with Crippen LogP contribution in [0.3, 0.4) is 0 Å². The zero-order valence-electron chi connectivity index (χ0n) is 14.3. The van der Waals surface area contributed by atoms with Gasteiger partial charge in [0.1, 0.15) is 24.0 Å². The molecule has 138 valence electrons. The number of benzene rings is 3. The summed E-state index contributed by atoms with van der Waals surface area (Å²) in [5.41, 5.74) is 2.07. The third-order valence-electron chi connectivity index (χ3n) is 3.88. The van der Waals surface area contributed by atoms with Gasteiger partial charge in [-0.25, -0.2) is 13.6 Å². The van der Waals surface area contributed by atoms with E-state index in [0.717, 1.165) is 17.2 Å². The lowest BCUT2D eigenvalue weighted by atomic mass is 10.1. The summed E-state index contributed by atoms with van der Waals surface area (Å²) in [6.07, 6.45) is 0. The molecule has 0 aliphatic heterocycles. The Labute approximate surface area is 155 Å². The van der Waals surface area contributed by atoms with Crippen molar-refractivity contribution < 1.29 is 23.4 Å². The van der Waals surface area contributed by atoms with Gasteiger partial charge in [0.25, 0.3) is 0 Å². The molecule has 6 heteroatoms. The smallest absolute Gasteiger partial charge is 0.335 e. The highest BCUT2D eigenvalue weighted by Crippen LogP contribution is 2.18. The molecule has 0 atom stereocenters. The highest BCUT2D eigenvalue weighted by atomic mass is 19.1. The van der Waals surface area contributed by atoms with Crippen LogP contribution in [0.2, 0.25) is 0 Å². The Morgan fingerprint density at radius 3 is 2.22 bits per heavy atom. The van der Waals surface area contributed by atoms with Gasteiger partial charge in [-0.15, -0.1) is 0 Å². The fourth-order valence-electron chi connectivity index (χ4n) is 2.47. The van der Waals surface area contributed by atoms with E-state index in [9.17, 15) is 13.6 Å². The highest BCUT2D eigenvalue weighted by Gasteiger charge is 2.07. The maximum atomic E-state index is 13.5. The van der Waals surface area contributed by atoms with Gasteiger partial charge < -0.3 is 15.2 Å². The van der Waals surface area contributed by atoms with E-state index in [1.54, 1.807) is 24.3 Å². The first kappa shape index (κ1) is 18.4. The van der Waals surface area contributed by atoms with Crippen molar-refractivity contribution in [2.24, 2.45) is 0 Å². The SMILES string of the molecule is O=C(O)c1cc(F)cc(NCc2ccc(OCc3ccc(F)cc3)cc2)c1. The van der Waals surface area contributed by atoms with Gasteiger partial charge in [-0.1, -0.05) is 24.3 Å². The standard InChI is InChI=1S/C21H17F2NO3/c22-17-5-1-15(2-6-17)13-27-20-7-3-14(4-8-20)12-24-19-10-16(21(25)26)9-18(23)11-19/h1-11,24H,12-13H2,(H,25,26). The summed E-state index contributed by atoms with van der Waals surface area (Å²) in [5.74, 6) is -1.41. The molecular weight excluding hydrogens is 352 g/mol. The lowest BCUT2D eigenvalue weighted by Crippen LogP contribution is -2.03. The van der Waals surface area contributed by atoms with Gasteiger partial charge in [-0.3, -0.25) is 0 Å². The minimum atomic E-state index is -1.18. The van der Waals surface area contributed by atoms with Crippen LogP contribution in [0.1, 0.15) is 21.5 Å². The van der Waals surface area contributed by atoms with Gasteiger partial charge >= 0.3 is 5.97 Å². The Kier molecular flexibility index (Phi) is 5.66. The predicted octanol–water partition coefficient (Wildman–Crippen LogP) is 4.85. The second kappa shape index (κ2) is 8.31. The molecule has 0 spiro atoms. The normalized spacial score (nSPS) is 10.4. The molecule has 0 aliphatic rings. The predicted molar refractivity (Wildman–Crippen MR) is 97.9 cm³/mol. The van der Waals surface area contributed by atoms with Gasteiger partial charge in [0.15, 0.2) is 0 Å². The van der Waals surface area contributed by atoms with Crippen molar-refractivity contribution in [3.63, 3.8) is 0 Å². The zero-order chi connectivity index (χ0) is 19.2. The van der Waals surface area contributed by atoms with Crippen LogP contribution in [-0.4, -0.2) is 11.1 Å². The van der Waals surface area contributed by atoms with E-state index in [1.165, 1.54) is 24.3 Å². The molecule has 0 aromatic heterocycles. The second-order valence-corrected chi connectivity index (χ2v) is 5.95. The molecule has 0 fully saturated rings. The second-order valence-electron chi connectivity index (χ2n) is 5.95. The van der Waals surface area contributed by atoms with Crippen molar-refractivity contribution in [1.29, 1.82) is 0 Å². The third-order valence-corrected chi connectivity index (χ3v) is 3.88. The quantitative estimate of drug-likeness (QED) is 0.625. The van der Waals surface area contributed by atoms with E-state index in [0.29, 0.717) is 24.6 Å². The van der Waals surface area contributed by atoms with E-state index in [-0.39, 0.29) is 11.4 Å². The van der Waals surface area contributed by atoms with Gasteiger partial charge in [-0.05, 0) is 53.6 Å². The molecule has 0 saturated heterocycles. The van der Waals surface area contributed by atoms with Crippen LogP contribution in [0, 0.1) is 11.6 Å². The average molecular weight is 369 g/mol. The van der Waals surface area contributed by atoms with Crippen LogP contribution in [-0.2, 0) is 13.2 Å². The number of ether oxygens (including phenoxy) is 1. The Balaban J connectivity index is 1.56. The summed E-state index contributed by atoms with van der Waals surface area (Å²) in [7, 11) is 0. The third kappa shape index (κ3) is 5.28. The minimum absolute atomic E-state index is 0.109. The summed E-state index contributed by atoms with van der Waals surface area (Å²) in [6.45, 7) is 0.736. The summed E-state index contributed by atoms with van der Waals surface area (Å²) in [5, 5.41) is 12.0. The average Bonchev–Trinajstić information content (AvgIpc) is 2.66. The van der Waals surface area contributed by atoms with Crippen molar-refractivity contribution in [1.82, 2.24) is 0 Å². The molecular formula is C21H17F2NO3. The summed E-state index contributed by atoms with van der Waals surface area (Å²) in [4.78, 5) is 11.0. The highest BCUT2D eigenvalue weighted by molar-refractivity contribution is 5.88. The van der Waals surface area contributed by atoms with Crippen molar-refractivity contribution >= 4 is 11.7 Å². The number of hydrogen-bond acceptors (Lipinski definition) is 3. The number of nitrogens with one attached hydrogen (secondary N) is 1. The Morgan fingerprint density at radius 2 is 1.56 bits per heavy atom. The van der Waals surface area contributed by atoms with E-state index >= 15 is 0 Å². The maximum Gasteiger partial charge on any atom is 0.335 e. The number of halogens is 2. The molecule has 0 radical (unpaired) electrons. The monoisotopic (exact) mass is 369 g/mol. The molecule has 3 rings (SSSR count). The lowest BCUT2D eigenvalue weighted by molar-refractivity contribution is 0.0696. The fourth-order valence-corrected chi connectivity index (χ4v) is 2.47. The molecule has 4 nitrogen and oxygen atoms in total. The first-order chi connectivity index (χ1) is 13.0. The molecule has 0 heterocycles. The summed E-state index contributed by atoms with van der Waals surface area (Å²) < 4.78 is 32.0. The fraction of sp³-hybridized carbons (Fsp3) is 0.0952. The topological polar surface area (TPSA) is 58.6 Å². The van der Waals surface area contributed by atoms with Crippen LogP contribution in [0.15, 0.2) is 66.7 Å². The van der Waals surface area contributed by atoms with Gasteiger partial charge in [-0.2, -0.15) is 0 Å². The Bertz CT molecular complexity index is 925. The maximum absolute atomic E-state index is 13.5. The molecule has 3 aromatic rings. The van der Waals surface area contributed by atoms with E-state index in [4.69, 9.17) is 9.84 Å². The first-order valence-electron chi connectivity index (χ1n) is 8.23. The molecule has 3 aromatic carbocycles. The number of aromatic carboxylic acids is 1. The van der Waals surface area contributed by atoms with Gasteiger partial charge in [0.05, 0.1) is 5.56 Å².